The molecule has 2 aromatic heterocycles. The third-order valence-corrected chi connectivity index (χ3v) is 5.73. The smallest absolute Gasteiger partial charge is 0.292 e. The van der Waals surface area contributed by atoms with Crippen LogP contribution < -0.4 is 10.7 Å². The number of nitrogens with one attached hydrogen (secondary N) is 2. The minimum absolute atomic E-state index is 0.204. The zero-order chi connectivity index (χ0) is 22.9. The van der Waals surface area contributed by atoms with Gasteiger partial charge in [-0.3, -0.25) is 9.59 Å². The van der Waals surface area contributed by atoms with Gasteiger partial charge in [0.2, 0.25) is 0 Å². The molecule has 0 saturated carbocycles. The quantitative estimate of drug-likeness (QED) is 0.443. The second-order valence-electron chi connectivity index (χ2n) is 8.01. The second-order valence-corrected chi connectivity index (χ2v) is 8.01. The SMILES string of the molecule is Cc1cc(NC(=O)c2oc3c(c2C)/C(=N/NC(=O)c2cccc4ccccc24)CCC3)no1. The topological polar surface area (TPSA) is 110 Å². The predicted octanol–water partition coefficient (Wildman–Crippen LogP) is 4.76. The number of fused-ring (bicyclic) bond motifs is 2. The molecule has 0 fully saturated rings. The average Bonchev–Trinajstić information content (AvgIpc) is 3.39. The largest absolute Gasteiger partial charge is 0.455 e. The van der Waals surface area contributed by atoms with Crippen LogP contribution in [0, 0.1) is 13.8 Å². The molecular weight excluding hydrogens is 420 g/mol. The number of carbonyl (C=O) groups excluding carboxylic acids is 2. The van der Waals surface area contributed by atoms with E-state index in [9.17, 15) is 9.59 Å². The van der Waals surface area contributed by atoms with Crippen LogP contribution in [0.25, 0.3) is 10.8 Å². The molecule has 5 rings (SSSR count). The summed E-state index contributed by atoms with van der Waals surface area (Å²) >= 11 is 0. The van der Waals surface area contributed by atoms with Crippen molar-refractivity contribution in [1.82, 2.24) is 10.6 Å². The van der Waals surface area contributed by atoms with Gasteiger partial charge in [-0.25, -0.2) is 5.43 Å². The lowest BCUT2D eigenvalue weighted by Crippen LogP contribution is -2.22. The molecule has 2 aromatic carbocycles. The molecule has 1 aliphatic rings. The molecule has 0 radical (unpaired) electrons. The van der Waals surface area contributed by atoms with Gasteiger partial charge in [0.05, 0.1) is 5.71 Å². The molecule has 33 heavy (non-hydrogen) atoms. The van der Waals surface area contributed by atoms with Crippen LogP contribution in [-0.4, -0.2) is 22.7 Å². The molecule has 0 saturated heterocycles. The fraction of sp³-hybridized carbons (Fsp3) is 0.200. The number of furan rings is 1. The molecule has 2 amide bonds. The minimum atomic E-state index is -0.408. The van der Waals surface area contributed by atoms with E-state index in [1.54, 1.807) is 19.1 Å². The number of benzene rings is 2. The Balaban J connectivity index is 1.41. The Kier molecular flexibility index (Phi) is 5.26. The summed E-state index contributed by atoms with van der Waals surface area (Å²) < 4.78 is 10.9. The van der Waals surface area contributed by atoms with Gasteiger partial charge in [0, 0.05) is 29.2 Å². The number of aromatic nitrogens is 1. The van der Waals surface area contributed by atoms with Gasteiger partial charge in [0.15, 0.2) is 11.6 Å². The number of hydrogen-bond donors (Lipinski definition) is 2. The van der Waals surface area contributed by atoms with E-state index in [4.69, 9.17) is 8.94 Å². The van der Waals surface area contributed by atoms with Gasteiger partial charge in [0.1, 0.15) is 11.5 Å². The lowest BCUT2D eigenvalue weighted by atomic mass is 9.93. The van der Waals surface area contributed by atoms with Crippen LogP contribution in [0.5, 0.6) is 0 Å². The molecule has 8 heteroatoms. The van der Waals surface area contributed by atoms with Gasteiger partial charge in [-0.15, -0.1) is 0 Å². The average molecular weight is 442 g/mol. The summed E-state index contributed by atoms with van der Waals surface area (Å²) in [6.45, 7) is 3.56. The number of hydrogen-bond acceptors (Lipinski definition) is 6. The van der Waals surface area contributed by atoms with Crippen molar-refractivity contribution < 1.29 is 18.5 Å². The number of rotatable bonds is 4. The highest BCUT2D eigenvalue weighted by molar-refractivity contribution is 6.10. The summed E-state index contributed by atoms with van der Waals surface area (Å²) in [5, 5.41) is 12.8. The molecule has 0 bridgehead atoms. The van der Waals surface area contributed by atoms with Gasteiger partial charge < -0.3 is 14.3 Å². The Morgan fingerprint density at radius 2 is 1.85 bits per heavy atom. The number of nitrogens with zero attached hydrogens (tertiary/aromatic N) is 2. The molecule has 8 nitrogen and oxygen atoms in total. The molecule has 2 heterocycles. The van der Waals surface area contributed by atoms with Gasteiger partial charge in [-0.05, 0) is 43.5 Å². The van der Waals surface area contributed by atoms with Crippen LogP contribution in [0.2, 0.25) is 0 Å². The second kappa shape index (κ2) is 8.38. The standard InChI is InChI=1S/C25H22N4O4/c1-14-13-21(29-33-14)26-25(31)23-15(2)22-19(11-6-12-20(22)32-23)27-28-24(30)18-10-5-8-16-7-3-4-9-17(16)18/h3-5,7-10,13H,6,11-12H2,1-2H3,(H,28,30)(H,26,29,31)/b27-19+. The lowest BCUT2D eigenvalue weighted by Gasteiger charge is -2.13. The monoisotopic (exact) mass is 442 g/mol. The van der Waals surface area contributed by atoms with Gasteiger partial charge in [-0.2, -0.15) is 5.10 Å². The first kappa shape index (κ1) is 20.7. The van der Waals surface area contributed by atoms with Gasteiger partial charge in [0.25, 0.3) is 11.8 Å². The summed E-state index contributed by atoms with van der Waals surface area (Å²) in [5.74, 6) is 1.12. The Morgan fingerprint density at radius 1 is 1.03 bits per heavy atom. The molecule has 2 N–H and O–H groups in total. The molecule has 1 aliphatic carbocycles. The molecular formula is C25H22N4O4. The highest BCUT2D eigenvalue weighted by atomic mass is 16.5. The van der Waals surface area contributed by atoms with E-state index in [0.717, 1.165) is 22.8 Å². The van der Waals surface area contributed by atoms with E-state index in [2.05, 4.69) is 21.0 Å². The fourth-order valence-electron chi connectivity index (χ4n) is 4.20. The highest BCUT2D eigenvalue weighted by Crippen LogP contribution is 2.30. The van der Waals surface area contributed by atoms with E-state index in [0.29, 0.717) is 47.0 Å². The maximum absolute atomic E-state index is 12.9. The fourth-order valence-corrected chi connectivity index (χ4v) is 4.20. The molecule has 0 atom stereocenters. The van der Waals surface area contributed by atoms with E-state index in [1.807, 2.05) is 43.3 Å². The number of amides is 2. The first-order valence-corrected chi connectivity index (χ1v) is 10.7. The highest BCUT2D eigenvalue weighted by Gasteiger charge is 2.28. The number of carbonyl (C=O) groups is 2. The number of aryl methyl sites for hydroxylation is 2. The van der Waals surface area contributed by atoms with Crippen LogP contribution in [0.4, 0.5) is 5.82 Å². The molecule has 4 aromatic rings. The Labute approximate surface area is 189 Å². The van der Waals surface area contributed by atoms with Gasteiger partial charge >= 0.3 is 0 Å². The van der Waals surface area contributed by atoms with Crippen molar-refractivity contribution in [2.24, 2.45) is 5.10 Å². The van der Waals surface area contributed by atoms with E-state index in [-0.39, 0.29) is 11.7 Å². The third-order valence-electron chi connectivity index (χ3n) is 5.73. The van der Waals surface area contributed by atoms with Crippen LogP contribution >= 0.6 is 0 Å². The number of hydrazone groups is 1. The first-order chi connectivity index (χ1) is 16.0. The van der Waals surface area contributed by atoms with Crippen molar-refractivity contribution in [2.45, 2.75) is 33.1 Å². The maximum Gasteiger partial charge on any atom is 0.292 e. The summed E-state index contributed by atoms with van der Waals surface area (Å²) in [6, 6.07) is 14.9. The normalized spacial score (nSPS) is 14.3. The maximum atomic E-state index is 12.9. The van der Waals surface area contributed by atoms with E-state index in [1.165, 1.54) is 0 Å². The summed E-state index contributed by atoms with van der Waals surface area (Å²) in [6.07, 6.45) is 2.18. The molecule has 0 spiro atoms. The minimum Gasteiger partial charge on any atom is -0.455 e. The molecule has 0 aliphatic heterocycles. The Bertz CT molecular complexity index is 1410. The summed E-state index contributed by atoms with van der Waals surface area (Å²) in [5.41, 5.74) is 5.41. The van der Waals surface area contributed by atoms with E-state index < -0.39 is 5.91 Å². The Morgan fingerprint density at radius 3 is 2.67 bits per heavy atom. The molecule has 166 valence electrons. The summed E-state index contributed by atoms with van der Waals surface area (Å²) in [4.78, 5) is 25.6. The predicted molar refractivity (Wildman–Crippen MR) is 124 cm³/mol. The van der Waals surface area contributed by atoms with Crippen LogP contribution in [0.3, 0.4) is 0 Å². The zero-order valence-electron chi connectivity index (χ0n) is 18.3. The molecule has 0 unspecified atom stereocenters. The summed E-state index contributed by atoms with van der Waals surface area (Å²) in [7, 11) is 0. The van der Waals surface area contributed by atoms with E-state index >= 15 is 0 Å². The van der Waals surface area contributed by atoms with Gasteiger partial charge in [-0.1, -0.05) is 41.6 Å². The van der Waals surface area contributed by atoms with Crippen molar-refractivity contribution in [3.63, 3.8) is 0 Å². The zero-order valence-corrected chi connectivity index (χ0v) is 18.3. The third kappa shape index (κ3) is 3.91. The Hall–Kier alpha value is -4.20. The van der Waals surface area contributed by atoms with Crippen molar-refractivity contribution in [1.29, 1.82) is 0 Å². The van der Waals surface area contributed by atoms with Crippen molar-refractivity contribution >= 4 is 34.1 Å². The number of anilines is 1. The van der Waals surface area contributed by atoms with Crippen molar-refractivity contribution in [3.05, 3.63) is 82.5 Å². The van der Waals surface area contributed by atoms with Crippen molar-refractivity contribution in [2.75, 3.05) is 5.32 Å². The first-order valence-electron chi connectivity index (χ1n) is 10.7. The van der Waals surface area contributed by atoms with Crippen LogP contribution in [0.1, 0.15) is 56.4 Å². The van der Waals surface area contributed by atoms with Crippen molar-refractivity contribution in [3.8, 4) is 0 Å². The lowest BCUT2D eigenvalue weighted by molar-refractivity contribution is 0.0955. The van der Waals surface area contributed by atoms with Crippen LogP contribution in [-0.2, 0) is 6.42 Å². The van der Waals surface area contributed by atoms with Crippen LogP contribution in [0.15, 0.2) is 62.6 Å².